The average Bonchev–Trinajstić information content (AvgIpc) is 2.26. The van der Waals surface area contributed by atoms with E-state index in [0.29, 0.717) is 38.4 Å². The number of nitrogens with one attached hydrogen (secondary N) is 1. The monoisotopic (exact) mass is 233 g/mol. The summed E-state index contributed by atoms with van der Waals surface area (Å²) in [6.45, 7) is 10.8. The van der Waals surface area contributed by atoms with Gasteiger partial charge in [-0.3, -0.25) is 0 Å². The van der Waals surface area contributed by atoms with Crippen molar-refractivity contribution in [3.63, 3.8) is 0 Å². The molecule has 4 heteroatoms. The van der Waals surface area contributed by atoms with Crippen molar-refractivity contribution in [2.75, 3.05) is 46.7 Å². The third kappa shape index (κ3) is 9.09. The summed E-state index contributed by atoms with van der Waals surface area (Å²) in [5.41, 5.74) is 0. The highest BCUT2D eigenvalue weighted by Crippen LogP contribution is 2.01. The minimum Gasteiger partial charge on any atom is -0.382 e. The van der Waals surface area contributed by atoms with Gasteiger partial charge in [0, 0.05) is 13.2 Å². The van der Waals surface area contributed by atoms with Crippen LogP contribution in [0.15, 0.2) is 0 Å². The zero-order chi connectivity index (χ0) is 12.2. The number of ether oxygens (including phenoxy) is 3. The Labute approximate surface area is 99.6 Å². The van der Waals surface area contributed by atoms with E-state index in [1.807, 2.05) is 0 Å². The summed E-state index contributed by atoms with van der Waals surface area (Å²) in [6.07, 6.45) is 0. The van der Waals surface area contributed by atoms with E-state index in [2.05, 4.69) is 26.1 Å². The van der Waals surface area contributed by atoms with Crippen molar-refractivity contribution in [3.8, 4) is 0 Å². The maximum Gasteiger partial charge on any atom is 0.0701 e. The molecule has 1 atom stereocenters. The van der Waals surface area contributed by atoms with Gasteiger partial charge >= 0.3 is 0 Å². The van der Waals surface area contributed by atoms with E-state index < -0.39 is 0 Å². The first-order chi connectivity index (χ1) is 7.72. The third-order valence-electron chi connectivity index (χ3n) is 2.37. The van der Waals surface area contributed by atoms with E-state index in [9.17, 15) is 0 Å². The third-order valence-corrected chi connectivity index (χ3v) is 2.37. The Morgan fingerprint density at radius 2 is 1.62 bits per heavy atom. The molecule has 0 saturated heterocycles. The lowest BCUT2D eigenvalue weighted by Crippen LogP contribution is -2.38. The minimum atomic E-state index is 0.434. The molecule has 0 aliphatic heterocycles. The lowest BCUT2D eigenvalue weighted by atomic mass is 10.1. The summed E-state index contributed by atoms with van der Waals surface area (Å²) in [5, 5.41) is 3.41. The largest absolute Gasteiger partial charge is 0.382 e. The van der Waals surface area contributed by atoms with Gasteiger partial charge in [-0.05, 0) is 12.5 Å². The van der Waals surface area contributed by atoms with Crippen molar-refractivity contribution >= 4 is 0 Å². The summed E-state index contributed by atoms with van der Waals surface area (Å²) in [5.74, 6) is 0.592. The predicted octanol–water partition coefficient (Wildman–Crippen LogP) is 1.30. The average molecular weight is 233 g/mol. The Balaban J connectivity index is 3.33. The van der Waals surface area contributed by atoms with Crippen LogP contribution in [0.2, 0.25) is 0 Å². The van der Waals surface area contributed by atoms with Crippen molar-refractivity contribution in [3.05, 3.63) is 0 Å². The highest BCUT2D eigenvalue weighted by molar-refractivity contribution is 4.68. The van der Waals surface area contributed by atoms with E-state index in [-0.39, 0.29) is 0 Å². The van der Waals surface area contributed by atoms with Crippen LogP contribution in [0, 0.1) is 5.92 Å². The van der Waals surface area contributed by atoms with Crippen molar-refractivity contribution < 1.29 is 14.2 Å². The van der Waals surface area contributed by atoms with Crippen LogP contribution in [0.1, 0.15) is 20.8 Å². The molecule has 0 aliphatic rings. The molecule has 98 valence electrons. The van der Waals surface area contributed by atoms with Crippen LogP contribution < -0.4 is 5.32 Å². The molecular weight excluding hydrogens is 206 g/mol. The van der Waals surface area contributed by atoms with Crippen molar-refractivity contribution in [1.29, 1.82) is 0 Å². The van der Waals surface area contributed by atoms with Gasteiger partial charge in [-0.2, -0.15) is 0 Å². The van der Waals surface area contributed by atoms with Gasteiger partial charge in [-0.25, -0.2) is 0 Å². The molecule has 0 aromatic heterocycles. The Hall–Kier alpha value is -0.160. The van der Waals surface area contributed by atoms with Gasteiger partial charge in [0.15, 0.2) is 0 Å². The number of rotatable bonds is 11. The second kappa shape index (κ2) is 11.3. The van der Waals surface area contributed by atoms with Gasteiger partial charge in [0.25, 0.3) is 0 Å². The highest BCUT2D eigenvalue weighted by Gasteiger charge is 2.11. The second-order valence-electron chi connectivity index (χ2n) is 4.09. The normalized spacial score (nSPS) is 13.3. The quantitative estimate of drug-likeness (QED) is 0.546. The van der Waals surface area contributed by atoms with Gasteiger partial charge in [0.2, 0.25) is 0 Å². The minimum absolute atomic E-state index is 0.434. The molecular formula is C12H27NO3. The van der Waals surface area contributed by atoms with E-state index in [1.54, 1.807) is 7.11 Å². The van der Waals surface area contributed by atoms with Crippen LogP contribution in [0.4, 0.5) is 0 Å². The molecule has 0 heterocycles. The zero-order valence-corrected chi connectivity index (χ0v) is 11.1. The number of likely N-dealkylation sites (N-methyl/N-ethyl adjacent to an activating group) is 1. The van der Waals surface area contributed by atoms with Crippen LogP contribution in [-0.2, 0) is 14.2 Å². The Kier molecular flexibility index (Phi) is 11.2. The molecule has 0 saturated carbocycles. The Bertz CT molecular complexity index is 142. The summed E-state index contributed by atoms with van der Waals surface area (Å²) >= 11 is 0. The van der Waals surface area contributed by atoms with E-state index in [0.717, 1.165) is 13.2 Å². The van der Waals surface area contributed by atoms with Gasteiger partial charge in [-0.15, -0.1) is 0 Å². The number of hydrogen-bond donors (Lipinski definition) is 1. The van der Waals surface area contributed by atoms with Crippen LogP contribution in [-0.4, -0.2) is 52.7 Å². The molecule has 0 aromatic carbocycles. The van der Waals surface area contributed by atoms with Crippen molar-refractivity contribution in [1.82, 2.24) is 5.32 Å². The van der Waals surface area contributed by atoms with Gasteiger partial charge in [0.05, 0.1) is 33.0 Å². The van der Waals surface area contributed by atoms with Gasteiger partial charge in [0.1, 0.15) is 0 Å². The molecule has 0 fully saturated rings. The SMILES string of the molecule is CCNC(COCCOCCOC)C(C)C. The van der Waals surface area contributed by atoms with E-state index >= 15 is 0 Å². The predicted molar refractivity (Wildman–Crippen MR) is 65.8 cm³/mol. The number of hydrogen-bond acceptors (Lipinski definition) is 4. The van der Waals surface area contributed by atoms with E-state index in [4.69, 9.17) is 14.2 Å². The summed E-state index contributed by atoms with van der Waals surface area (Å²) in [7, 11) is 1.67. The molecule has 0 bridgehead atoms. The lowest BCUT2D eigenvalue weighted by molar-refractivity contribution is 0.0163. The lowest BCUT2D eigenvalue weighted by Gasteiger charge is -2.21. The zero-order valence-electron chi connectivity index (χ0n) is 11.1. The summed E-state index contributed by atoms with van der Waals surface area (Å²) in [4.78, 5) is 0. The molecule has 1 unspecified atom stereocenters. The first kappa shape index (κ1) is 15.8. The standard InChI is InChI=1S/C12H27NO3/c1-5-13-12(11(2)3)10-16-9-8-15-7-6-14-4/h11-13H,5-10H2,1-4H3. The smallest absolute Gasteiger partial charge is 0.0701 e. The molecule has 0 aliphatic carbocycles. The first-order valence-corrected chi connectivity index (χ1v) is 6.10. The molecule has 0 spiro atoms. The molecule has 0 rings (SSSR count). The molecule has 4 nitrogen and oxygen atoms in total. The van der Waals surface area contributed by atoms with E-state index in [1.165, 1.54) is 0 Å². The summed E-state index contributed by atoms with van der Waals surface area (Å²) in [6, 6.07) is 0.434. The molecule has 16 heavy (non-hydrogen) atoms. The fraction of sp³-hybridized carbons (Fsp3) is 1.00. The Morgan fingerprint density at radius 3 is 2.19 bits per heavy atom. The van der Waals surface area contributed by atoms with Crippen LogP contribution in [0.3, 0.4) is 0 Å². The maximum absolute atomic E-state index is 5.56. The Morgan fingerprint density at radius 1 is 1.00 bits per heavy atom. The number of methoxy groups -OCH3 is 1. The fourth-order valence-electron chi connectivity index (χ4n) is 1.32. The topological polar surface area (TPSA) is 39.7 Å². The molecule has 0 radical (unpaired) electrons. The van der Waals surface area contributed by atoms with Crippen LogP contribution in [0.25, 0.3) is 0 Å². The van der Waals surface area contributed by atoms with Gasteiger partial charge < -0.3 is 19.5 Å². The molecule has 0 amide bonds. The second-order valence-corrected chi connectivity index (χ2v) is 4.09. The van der Waals surface area contributed by atoms with Gasteiger partial charge in [-0.1, -0.05) is 20.8 Å². The van der Waals surface area contributed by atoms with Crippen LogP contribution in [0.5, 0.6) is 0 Å². The van der Waals surface area contributed by atoms with Crippen LogP contribution >= 0.6 is 0 Å². The fourth-order valence-corrected chi connectivity index (χ4v) is 1.32. The molecule has 0 aromatic rings. The summed E-state index contributed by atoms with van der Waals surface area (Å²) < 4.78 is 15.7. The first-order valence-electron chi connectivity index (χ1n) is 6.10. The van der Waals surface area contributed by atoms with Crippen molar-refractivity contribution in [2.45, 2.75) is 26.8 Å². The van der Waals surface area contributed by atoms with Crippen molar-refractivity contribution in [2.24, 2.45) is 5.92 Å². The maximum atomic E-state index is 5.56. The molecule has 1 N–H and O–H groups in total. The highest BCUT2D eigenvalue weighted by atomic mass is 16.5.